The largest absolute Gasteiger partial charge is 0.469 e. The van der Waals surface area contributed by atoms with Crippen LogP contribution in [-0.4, -0.2) is 52.3 Å². The molecule has 0 saturated carbocycles. The Bertz CT molecular complexity index is 1190. The van der Waals surface area contributed by atoms with E-state index in [1.807, 2.05) is 55.5 Å². The second-order valence-electron chi connectivity index (χ2n) is 12.7. The first-order valence-electron chi connectivity index (χ1n) is 19.6. The first-order valence-corrected chi connectivity index (χ1v) is 21.2. The maximum atomic E-state index is 12.4. The van der Waals surface area contributed by atoms with E-state index < -0.39 is 38.6 Å². The van der Waals surface area contributed by atoms with Crippen molar-refractivity contribution in [1.29, 1.82) is 0 Å². The lowest BCUT2D eigenvalue weighted by Gasteiger charge is -2.18. The average molecular weight is 761 g/mol. The molecule has 0 aromatic heterocycles. The summed E-state index contributed by atoms with van der Waals surface area (Å²) < 4.78 is 26.2. The minimum absolute atomic E-state index is 0.160. The molecule has 0 rings (SSSR count). The van der Waals surface area contributed by atoms with Crippen LogP contribution in [0.15, 0.2) is 97.2 Å². The molecule has 0 aromatic carbocycles. The fourth-order valence-electron chi connectivity index (χ4n) is 4.73. The van der Waals surface area contributed by atoms with Crippen molar-refractivity contribution in [2.45, 2.75) is 148 Å². The predicted octanol–water partition coefficient (Wildman–Crippen LogP) is 10.8. The number of phosphoric acid groups is 1. The monoisotopic (exact) mass is 760 g/mol. The summed E-state index contributed by atoms with van der Waals surface area (Å²) in [6.45, 7) is 3.33. The predicted molar refractivity (Wildman–Crippen MR) is 217 cm³/mol. The summed E-state index contributed by atoms with van der Waals surface area (Å²) in [6, 6.07) is 0. The Balaban J connectivity index is 4.16. The Hall–Kier alpha value is -3.07. The molecule has 3 N–H and O–H groups in total. The van der Waals surface area contributed by atoms with E-state index in [1.165, 1.54) is 25.7 Å². The highest BCUT2D eigenvalue weighted by molar-refractivity contribution is 7.46. The molecule has 53 heavy (non-hydrogen) atoms. The number of esters is 2. The molecule has 0 saturated heterocycles. The van der Waals surface area contributed by atoms with Gasteiger partial charge in [0.15, 0.2) is 6.10 Å². The molecule has 9 nitrogen and oxygen atoms in total. The van der Waals surface area contributed by atoms with Crippen LogP contribution in [0.5, 0.6) is 0 Å². The van der Waals surface area contributed by atoms with Crippen LogP contribution in [0.25, 0.3) is 0 Å². The van der Waals surface area contributed by atoms with Crippen LogP contribution in [0.2, 0.25) is 0 Å². The Morgan fingerprint density at radius 1 is 0.604 bits per heavy atom. The molecule has 0 aliphatic heterocycles. The summed E-state index contributed by atoms with van der Waals surface area (Å²) in [7, 11) is -4.79. The average Bonchev–Trinajstić information content (AvgIpc) is 3.12. The van der Waals surface area contributed by atoms with E-state index in [0.717, 1.165) is 57.8 Å². The summed E-state index contributed by atoms with van der Waals surface area (Å²) in [6.07, 6.45) is 47.5. The van der Waals surface area contributed by atoms with Crippen molar-refractivity contribution in [2.24, 2.45) is 0 Å². The summed E-state index contributed by atoms with van der Waals surface area (Å²) >= 11 is 0. The number of allylic oxidation sites excluding steroid dienone is 14. The molecular formula is C43H69O9P. The molecule has 0 spiro atoms. The lowest BCUT2D eigenvalue weighted by molar-refractivity contribution is -0.161. The molecule has 300 valence electrons. The third-order valence-electron chi connectivity index (χ3n) is 7.66. The summed E-state index contributed by atoms with van der Waals surface area (Å²) in [5, 5.41) is 9.73. The van der Waals surface area contributed by atoms with Gasteiger partial charge in [0, 0.05) is 12.8 Å². The third-order valence-corrected chi connectivity index (χ3v) is 8.15. The van der Waals surface area contributed by atoms with Gasteiger partial charge >= 0.3 is 19.8 Å². The third kappa shape index (κ3) is 40.0. The number of aliphatic hydroxyl groups excluding tert-OH is 1. The molecule has 0 radical (unpaired) electrons. The SMILES string of the molecule is CC/C=C\C(O)C/C=C/C=C\C/C=C\C/C=C\CCCC(=O)OC[C@H](COP(=O)(O)O)OC(=O)CCCCCC/C=C\C/C=C\C/C=C\CCCCC. The zero-order valence-corrected chi connectivity index (χ0v) is 33.4. The molecule has 0 aliphatic carbocycles. The van der Waals surface area contributed by atoms with Crippen LogP contribution in [0.1, 0.15) is 136 Å². The minimum atomic E-state index is -4.79. The fraction of sp³-hybridized carbons (Fsp3) is 0.581. The van der Waals surface area contributed by atoms with E-state index >= 15 is 0 Å². The van der Waals surface area contributed by atoms with E-state index in [0.29, 0.717) is 25.7 Å². The number of aliphatic hydroxyl groups is 1. The van der Waals surface area contributed by atoms with Crippen molar-refractivity contribution >= 4 is 19.8 Å². The smallest absolute Gasteiger partial charge is 0.462 e. The minimum Gasteiger partial charge on any atom is -0.462 e. The maximum absolute atomic E-state index is 12.4. The summed E-state index contributed by atoms with van der Waals surface area (Å²) in [5.41, 5.74) is 0. The highest BCUT2D eigenvalue weighted by Gasteiger charge is 2.22. The molecular weight excluding hydrogens is 691 g/mol. The Labute approximate surface area is 320 Å². The molecule has 0 fully saturated rings. The first-order chi connectivity index (χ1) is 25.7. The van der Waals surface area contributed by atoms with Crippen molar-refractivity contribution in [3.8, 4) is 0 Å². The number of unbranched alkanes of at least 4 members (excludes halogenated alkanes) is 8. The highest BCUT2D eigenvalue weighted by atomic mass is 31.2. The zero-order valence-electron chi connectivity index (χ0n) is 32.5. The van der Waals surface area contributed by atoms with E-state index in [9.17, 15) is 19.3 Å². The quantitative estimate of drug-likeness (QED) is 0.0192. The van der Waals surface area contributed by atoms with Gasteiger partial charge in [-0.1, -0.05) is 137 Å². The molecule has 0 bridgehead atoms. The molecule has 2 atom stereocenters. The van der Waals surface area contributed by atoms with Crippen molar-refractivity contribution in [3.63, 3.8) is 0 Å². The van der Waals surface area contributed by atoms with Crippen molar-refractivity contribution in [2.75, 3.05) is 13.2 Å². The van der Waals surface area contributed by atoms with Gasteiger partial charge in [-0.05, 0) is 83.5 Å². The standard InChI is InChI=1S/C43H69O9P/c1-3-5-7-8-9-10-11-12-13-14-15-16-21-24-27-30-33-37-43(46)52-41(39-51-53(47,48)49)38-50-42(45)36-32-29-26-23-20-18-17-19-22-25-28-31-35-40(44)34-6-4-2/h6,9-10,12-13,15-18,22-23,25-26,28,31,34,40-41,44H,3-5,7-8,11,14,19-21,24,27,29-30,32-33,35-39H2,1-2H3,(H2,47,48,49)/b10-9-,13-12-,16-15-,18-17-,25-22-,26-23-,31-28+,34-6-/t40?,41-/m1/s1. The number of ether oxygens (including phenoxy) is 2. The van der Waals surface area contributed by atoms with Gasteiger partial charge in [-0.25, -0.2) is 4.57 Å². The van der Waals surface area contributed by atoms with Crippen LogP contribution in [-0.2, 0) is 28.2 Å². The van der Waals surface area contributed by atoms with E-state index in [-0.39, 0.29) is 19.4 Å². The van der Waals surface area contributed by atoms with Crippen molar-refractivity contribution < 1.29 is 43.0 Å². The zero-order chi connectivity index (χ0) is 39.1. The number of carbonyl (C=O) groups excluding carboxylic acids is 2. The topological polar surface area (TPSA) is 140 Å². The van der Waals surface area contributed by atoms with Crippen LogP contribution in [0.3, 0.4) is 0 Å². The van der Waals surface area contributed by atoms with Gasteiger partial charge in [-0.15, -0.1) is 0 Å². The van der Waals surface area contributed by atoms with E-state index in [2.05, 4.69) is 60.1 Å². The number of carbonyl (C=O) groups is 2. The maximum Gasteiger partial charge on any atom is 0.469 e. The van der Waals surface area contributed by atoms with Crippen LogP contribution in [0, 0.1) is 0 Å². The summed E-state index contributed by atoms with van der Waals surface area (Å²) in [4.78, 5) is 42.7. The van der Waals surface area contributed by atoms with Gasteiger partial charge in [0.1, 0.15) is 6.61 Å². The molecule has 1 unspecified atom stereocenters. The second-order valence-corrected chi connectivity index (χ2v) is 14.0. The van der Waals surface area contributed by atoms with E-state index in [1.54, 1.807) is 0 Å². The molecule has 0 heterocycles. The number of hydrogen-bond donors (Lipinski definition) is 3. The van der Waals surface area contributed by atoms with Gasteiger partial charge in [0.05, 0.1) is 12.7 Å². The normalized spacial score (nSPS) is 14.1. The second kappa shape index (κ2) is 37.3. The number of phosphoric ester groups is 1. The van der Waals surface area contributed by atoms with Crippen molar-refractivity contribution in [3.05, 3.63) is 97.2 Å². The Kier molecular flexibility index (Phi) is 35.1. The van der Waals surface area contributed by atoms with Crippen LogP contribution in [0.4, 0.5) is 0 Å². The Morgan fingerprint density at radius 3 is 1.74 bits per heavy atom. The highest BCUT2D eigenvalue weighted by Crippen LogP contribution is 2.36. The Morgan fingerprint density at radius 2 is 1.13 bits per heavy atom. The van der Waals surface area contributed by atoms with Gasteiger partial charge in [0.25, 0.3) is 0 Å². The number of hydrogen-bond acceptors (Lipinski definition) is 7. The van der Waals surface area contributed by atoms with E-state index in [4.69, 9.17) is 19.3 Å². The van der Waals surface area contributed by atoms with Crippen LogP contribution < -0.4 is 0 Å². The molecule has 0 amide bonds. The van der Waals surface area contributed by atoms with Gasteiger partial charge in [-0.2, -0.15) is 0 Å². The van der Waals surface area contributed by atoms with Crippen LogP contribution >= 0.6 is 7.82 Å². The summed E-state index contributed by atoms with van der Waals surface area (Å²) in [5.74, 6) is -1.01. The van der Waals surface area contributed by atoms with Crippen molar-refractivity contribution in [1.82, 2.24) is 0 Å². The number of rotatable bonds is 34. The first kappa shape index (κ1) is 49.9. The van der Waals surface area contributed by atoms with Gasteiger partial charge in [0.2, 0.25) is 0 Å². The lowest BCUT2D eigenvalue weighted by Crippen LogP contribution is -2.29. The van der Waals surface area contributed by atoms with Gasteiger partial charge < -0.3 is 24.4 Å². The molecule has 0 aromatic rings. The fourth-order valence-corrected chi connectivity index (χ4v) is 5.09. The molecule has 10 heteroatoms. The van der Waals surface area contributed by atoms with Gasteiger partial charge in [-0.3, -0.25) is 14.1 Å². The molecule has 0 aliphatic rings. The lowest BCUT2D eigenvalue weighted by atomic mass is 10.1.